The number of aliphatic hydroxyl groups excluding tert-OH is 1. The average Bonchev–Trinajstić information content (AvgIpc) is 2.31. The Bertz CT molecular complexity index is 232. The van der Waals surface area contributed by atoms with Gasteiger partial charge in [0, 0.05) is 20.0 Å². The SMILES string of the molecule is CN(CCOCCO)C(=O)CCC(C)(C)CCN. The molecule has 108 valence electrons. The number of nitrogens with two attached hydrogens (primary N) is 1. The van der Waals surface area contributed by atoms with Crippen molar-refractivity contribution < 1.29 is 14.6 Å². The molecule has 0 aliphatic carbocycles. The molecule has 0 atom stereocenters. The Morgan fingerprint density at radius 2 is 2.00 bits per heavy atom. The first-order chi connectivity index (χ1) is 8.43. The van der Waals surface area contributed by atoms with Gasteiger partial charge in [0.2, 0.25) is 5.91 Å². The molecule has 0 radical (unpaired) electrons. The predicted molar refractivity (Wildman–Crippen MR) is 72.2 cm³/mol. The van der Waals surface area contributed by atoms with E-state index in [2.05, 4.69) is 13.8 Å². The van der Waals surface area contributed by atoms with Gasteiger partial charge < -0.3 is 20.5 Å². The van der Waals surface area contributed by atoms with Crippen LogP contribution in [-0.2, 0) is 9.53 Å². The average molecular weight is 260 g/mol. The van der Waals surface area contributed by atoms with Gasteiger partial charge in [-0.25, -0.2) is 0 Å². The highest BCUT2D eigenvalue weighted by Crippen LogP contribution is 2.26. The van der Waals surface area contributed by atoms with Crippen molar-refractivity contribution in [2.75, 3.05) is 40.0 Å². The molecule has 0 fully saturated rings. The van der Waals surface area contributed by atoms with Crippen LogP contribution in [0.15, 0.2) is 0 Å². The van der Waals surface area contributed by atoms with Gasteiger partial charge in [0.05, 0.1) is 19.8 Å². The lowest BCUT2D eigenvalue weighted by molar-refractivity contribution is -0.131. The smallest absolute Gasteiger partial charge is 0.222 e. The molecule has 0 rings (SSSR count). The lowest BCUT2D eigenvalue weighted by atomic mass is 9.84. The van der Waals surface area contributed by atoms with Crippen molar-refractivity contribution >= 4 is 5.91 Å². The quantitative estimate of drug-likeness (QED) is 0.564. The molecule has 0 saturated carbocycles. The number of aliphatic hydroxyl groups is 1. The second-order valence-electron chi connectivity index (χ2n) is 5.35. The van der Waals surface area contributed by atoms with Crippen molar-refractivity contribution in [2.24, 2.45) is 11.1 Å². The maximum Gasteiger partial charge on any atom is 0.222 e. The fourth-order valence-corrected chi connectivity index (χ4v) is 1.64. The summed E-state index contributed by atoms with van der Waals surface area (Å²) >= 11 is 0. The summed E-state index contributed by atoms with van der Waals surface area (Å²) in [6, 6.07) is 0. The molecule has 0 aliphatic rings. The van der Waals surface area contributed by atoms with Crippen LogP contribution < -0.4 is 5.73 Å². The first kappa shape index (κ1) is 17.4. The van der Waals surface area contributed by atoms with E-state index in [4.69, 9.17) is 15.6 Å². The number of carbonyl (C=O) groups excluding carboxylic acids is 1. The van der Waals surface area contributed by atoms with Gasteiger partial charge in [0.15, 0.2) is 0 Å². The van der Waals surface area contributed by atoms with E-state index in [1.807, 2.05) is 0 Å². The first-order valence-electron chi connectivity index (χ1n) is 6.55. The van der Waals surface area contributed by atoms with Gasteiger partial charge in [0.25, 0.3) is 0 Å². The highest BCUT2D eigenvalue weighted by atomic mass is 16.5. The van der Waals surface area contributed by atoms with Gasteiger partial charge in [-0.05, 0) is 24.8 Å². The molecular weight excluding hydrogens is 232 g/mol. The van der Waals surface area contributed by atoms with Crippen molar-refractivity contribution in [2.45, 2.75) is 33.1 Å². The van der Waals surface area contributed by atoms with Crippen LogP contribution in [0.25, 0.3) is 0 Å². The van der Waals surface area contributed by atoms with E-state index in [1.54, 1.807) is 11.9 Å². The fourth-order valence-electron chi connectivity index (χ4n) is 1.64. The zero-order valence-electron chi connectivity index (χ0n) is 11.9. The number of hydrogen-bond acceptors (Lipinski definition) is 4. The number of rotatable bonds is 10. The topological polar surface area (TPSA) is 75.8 Å². The normalized spacial score (nSPS) is 11.6. The van der Waals surface area contributed by atoms with Crippen molar-refractivity contribution in [3.8, 4) is 0 Å². The van der Waals surface area contributed by atoms with E-state index < -0.39 is 0 Å². The standard InChI is InChI=1S/C13H28N2O3/c1-13(2,6-7-14)5-4-12(17)15(3)8-10-18-11-9-16/h16H,4-11,14H2,1-3H3. The van der Waals surface area contributed by atoms with Crippen LogP contribution in [0.1, 0.15) is 33.1 Å². The molecular formula is C13H28N2O3. The van der Waals surface area contributed by atoms with Crippen molar-refractivity contribution in [3.05, 3.63) is 0 Å². The second kappa shape index (κ2) is 9.30. The predicted octanol–water partition coefficient (Wildman–Crippen LogP) is 0.609. The minimum Gasteiger partial charge on any atom is -0.394 e. The first-order valence-corrected chi connectivity index (χ1v) is 6.55. The molecule has 0 aromatic carbocycles. The van der Waals surface area contributed by atoms with Crippen molar-refractivity contribution in [1.29, 1.82) is 0 Å². The molecule has 18 heavy (non-hydrogen) atoms. The van der Waals surface area contributed by atoms with Crippen LogP contribution in [0.4, 0.5) is 0 Å². The second-order valence-corrected chi connectivity index (χ2v) is 5.35. The Labute approximate surface area is 110 Å². The molecule has 1 amide bonds. The number of ether oxygens (including phenoxy) is 1. The Kier molecular flexibility index (Phi) is 8.97. The number of likely N-dealkylation sites (N-methyl/N-ethyl adjacent to an activating group) is 1. The van der Waals surface area contributed by atoms with Crippen LogP contribution >= 0.6 is 0 Å². The van der Waals surface area contributed by atoms with Gasteiger partial charge in [0.1, 0.15) is 0 Å². The van der Waals surface area contributed by atoms with Crippen LogP contribution in [0, 0.1) is 5.41 Å². The van der Waals surface area contributed by atoms with Gasteiger partial charge in [-0.2, -0.15) is 0 Å². The van der Waals surface area contributed by atoms with Crippen molar-refractivity contribution in [3.63, 3.8) is 0 Å². The van der Waals surface area contributed by atoms with Crippen LogP contribution in [0.3, 0.4) is 0 Å². The third-order valence-electron chi connectivity index (χ3n) is 3.07. The van der Waals surface area contributed by atoms with E-state index in [0.717, 1.165) is 12.8 Å². The zero-order chi connectivity index (χ0) is 14.0. The Morgan fingerprint density at radius 1 is 1.33 bits per heavy atom. The molecule has 0 bridgehead atoms. The minimum absolute atomic E-state index is 0.0188. The number of nitrogens with zero attached hydrogens (tertiary/aromatic N) is 1. The van der Waals surface area contributed by atoms with Gasteiger partial charge >= 0.3 is 0 Å². The molecule has 0 saturated heterocycles. The summed E-state index contributed by atoms with van der Waals surface area (Å²) in [5.41, 5.74) is 5.67. The Balaban J connectivity index is 3.80. The molecule has 0 aromatic heterocycles. The summed E-state index contributed by atoms with van der Waals surface area (Å²) in [6.45, 7) is 6.31. The van der Waals surface area contributed by atoms with Gasteiger partial charge in [-0.1, -0.05) is 13.8 Å². The largest absolute Gasteiger partial charge is 0.394 e. The van der Waals surface area contributed by atoms with E-state index in [1.165, 1.54) is 0 Å². The van der Waals surface area contributed by atoms with Crippen molar-refractivity contribution in [1.82, 2.24) is 4.90 Å². The van der Waals surface area contributed by atoms with Crippen LogP contribution in [0.5, 0.6) is 0 Å². The molecule has 0 spiro atoms. The summed E-state index contributed by atoms with van der Waals surface area (Å²) < 4.78 is 5.13. The van der Waals surface area contributed by atoms with Gasteiger partial charge in [-0.3, -0.25) is 4.79 Å². The van der Waals surface area contributed by atoms with E-state index >= 15 is 0 Å². The van der Waals surface area contributed by atoms with Crippen LogP contribution in [0.2, 0.25) is 0 Å². The Hall–Kier alpha value is -0.650. The number of hydrogen-bond donors (Lipinski definition) is 2. The molecule has 5 nitrogen and oxygen atoms in total. The fraction of sp³-hybridized carbons (Fsp3) is 0.923. The van der Waals surface area contributed by atoms with E-state index in [9.17, 15) is 4.79 Å². The lowest BCUT2D eigenvalue weighted by Crippen LogP contribution is -2.31. The third kappa shape index (κ3) is 8.44. The minimum atomic E-state index is 0.0188. The molecule has 0 aromatic rings. The maximum atomic E-state index is 11.8. The van der Waals surface area contributed by atoms with Gasteiger partial charge in [-0.15, -0.1) is 0 Å². The highest BCUT2D eigenvalue weighted by molar-refractivity contribution is 5.75. The molecule has 0 unspecified atom stereocenters. The molecule has 5 heteroatoms. The summed E-state index contributed by atoms with van der Waals surface area (Å²) in [6.07, 6.45) is 2.33. The number of carbonyl (C=O) groups is 1. The van der Waals surface area contributed by atoms with E-state index in [-0.39, 0.29) is 17.9 Å². The summed E-state index contributed by atoms with van der Waals surface area (Å²) in [5, 5.41) is 8.55. The molecule has 3 N–H and O–H groups in total. The molecule has 0 aliphatic heterocycles. The summed E-state index contributed by atoms with van der Waals surface area (Å²) in [4.78, 5) is 13.5. The van der Waals surface area contributed by atoms with E-state index in [0.29, 0.717) is 32.7 Å². The summed E-state index contributed by atoms with van der Waals surface area (Å²) in [7, 11) is 1.78. The number of amides is 1. The third-order valence-corrected chi connectivity index (χ3v) is 3.07. The Morgan fingerprint density at radius 3 is 2.56 bits per heavy atom. The highest BCUT2D eigenvalue weighted by Gasteiger charge is 2.19. The lowest BCUT2D eigenvalue weighted by Gasteiger charge is -2.25. The molecule has 0 heterocycles. The summed E-state index contributed by atoms with van der Waals surface area (Å²) in [5.74, 6) is 0.132. The zero-order valence-corrected chi connectivity index (χ0v) is 11.9. The maximum absolute atomic E-state index is 11.8. The monoisotopic (exact) mass is 260 g/mol. The van der Waals surface area contributed by atoms with Crippen LogP contribution in [-0.4, -0.2) is 55.9 Å².